The van der Waals surface area contributed by atoms with Gasteiger partial charge in [0.1, 0.15) is 0 Å². The summed E-state index contributed by atoms with van der Waals surface area (Å²) in [6.07, 6.45) is 0.717. The van der Waals surface area contributed by atoms with E-state index in [0.717, 1.165) is 0 Å². The van der Waals surface area contributed by atoms with Crippen LogP contribution < -0.4 is 0 Å². The third-order valence-corrected chi connectivity index (χ3v) is 3.29. The van der Waals surface area contributed by atoms with Gasteiger partial charge in [0, 0.05) is 0 Å². The third-order valence-electron chi connectivity index (χ3n) is 2.49. The van der Waals surface area contributed by atoms with Crippen LogP contribution in [0.1, 0.15) is 26.7 Å². The predicted molar refractivity (Wildman–Crippen MR) is 63.7 cm³/mol. The molecule has 0 rings (SSSR count). The van der Waals surface area contributed by atoms with Crippen LogP contribution in [0.15, 0.2) is 0 Å². The van der Waals surface area contributed by atoms with Crippen molar-refractivity contribution in [1.82, 2.24) is 0 Å². The highest BCUT2D eigenvalue weighted by Gasteiger charge is 2.19. The smallest absolute Gasteiger partial charge is 0.319 e. The number of aliphatic carboxylic acids is 2. The Morgan fingerprint density at radius 3 is 1.56 bits per heavy atom. The normalized spacial score (nSPS) is 15.9. The van der Waals surface area contributed by atoms with Crippen LogP contribution >= 0.6 is 8.25 Å². The summed E-state index contributed by atoms with van der Waals surface area (Å²) >= 11 is 0. The van der Waals surface area contributed by atoms with E-state index in [1.54, 1.807) is 13.8 Å². The standard InChI is InChI=1S/C10H19O7P/c1-3-7(9(11)12)5-16-18(15)17-6-8(4-2)10(13)14/h7-8,18H,3-6H2,1-2H3,(H,11,12)(H,13,14). The van der Waals surface area contributed by atoms with E-state index >= 15 is 0 Å². The van der Waals surface area contributed by atoms with Crippen LogP contribution in [0, 0.1) is 11.8 Å². The van der Waals surface area contributed by atoms with Crippen molar-refractivity contribution in [2.75, 3.05) is 13.2 Å². The van der Waals surface area contributed by atoms with E-state index in [-0.39, 0.29) is 13.2 Å². The molecule has 8 heteroatoms. The number of hydrogen-bond donors (Lipinski definition) is 2. The lowest BCUT2D eigenvalue weighted by molar-refractivity contribution is -0.143. The minimum Gasteiger partial charge on any atom is -0.481 e. The molecule has 0 amide bonds. The van der Waals surface area contributed by atoms with Gasteiger partial charge in [0.15, 0.2) is 0 Å². The number of rotatable bonds is 10. The maximum atomic E-state index is 11.3. The minimum absolute atomic E-state index is 0.201. The zero-order valence-corrected chi connectivity index (χ0v) is 11.4. The van der Waals surface area contributed by atoms with Gasteiger partial charge in [-0.25, -0.2) is 0 Å². The van der Waals surface area contributed by atoms with Crippen LogP contribution in [-0.4, -0.2) is 35.4 Å². The largest absolute Gasteiger partial charge is 0.481 e. The van der Waals surface area contributed by atoms with Crippen LogP contribution in [-0.2, 0) is 23.2 Å². The molecule has 0 aliphatic heterocycles. The summed E-state index contributed by atoms with van der Waals surface area (Å²) in [5, 5.41) is 17.5. The van der Waals surface area contributed by atoms with E-state index in [1.807, 2.05) is 0 Å². The minimum atomic E-state index is -2.84. The Bertz CT molecular complexity index is 277. The fourth-order valence-corrected chi connectivity index (χ4v) is 1.86. The highest BCUT2D eigenvalue weighted by atomic mass is 31.1. The van der Waals surface area contributed by atoms with Crippen molar-refractivity contribution >= 4 is 20.2 Å². The van der Waals surface area contributed by atoms with E-state index in [2.05, 4.69) is 0 Å². The van der Waals surface area contributed by atoms with E-state index in [4.69, 9.17) is 19.3 Å². The monoisotopic (exact) mass is 282 g/mol. The van der Waals surface area contributed by atoms with Crippen molar-refractivity contribution in [2.45, 2.75) is 26.7 Å². The Labute approximate surface area is 106 Å². The van der Waals surface area contributed by atoms with E-state index in [9.17, 15) is 14.2 Å². The van der Waals surface area contributed by atoms with Gasteiger partial charge < -0.3 is 19.3 Å². The lowest BCUT2D eigenvalue weighted by Crippen LogP contribution is -2.19. The van der Waals surface area contributed by atoms with Gasteiger partial charge in [0.05, 0.1) is 25.0 Å². The molecule has 0 radical (unpaired) electrons. The predicted octanol–water partition coefficient (Wildman–Crippen LogP) is 1.63. The Morgan fingerprint density at radius 1 is 1.00 bits per heavy atom. The molecule has 0 aliphatic rings. The number of hydrogen-bond acceptors (Lipinski definition) is 5. The molecule has 0 aliphatic carbocycles. The fourth-order valence-electron chi connectivity index (χ4n) is 1.11. The van der Waals surface area contributed by atoms with E-state index in [1.165, 1.54) is 0 Å². The molecule has 0 aromatic heterocycles. The Balaban J connectivity index is 3.97. The molecule has 2 unspecified atom stereocenters. The number of carboxylic acids is 2. The molecule has 2 N–H and O–H groups in total. The first-order chi connectivity index (χ1) is 8.42. The van der Waals surface area contributed by atoms with Gasteiger partial charge in [-0.2, -0.15) is 0 Å². The second-order valence-corrected chi connectivity index (χ2v) is 4.84. The molecule has 0 saturated heterocycles. The van der Waals surface area contributed by atoms with Gasteiger partial charge >= 0.3 is 20.2 Å². The van der Waals surface area contributed by atoms with Crippen molar-refractivity contribution in [3.05, 3.63) is 0 Å². The van der Waals surface area contributed by atoms with Crippen molar-refractivity contribution < 1.29 is 33.4 Å². The quantitative estimate of drug-likeness (QED) is 0.586. The zero-order valence-electron chi connectivity index (χ0n) is 10.4. The van der Waals surface area contributed by atoms with Crippen LogP contribution in [0.25, 0.3) is 0 Å². The van der Waals surface area contributed by atoms with Gasteiger partial charge in [-0.15, -0.1) is 0 Å². The van der Waals surface area contributed by atoms with Crippen LogP contribution in [0.3, 0.4) is 0 Å². The number of carboxylic acid groups (broad SMARTS) is 2. The Morgan fingerprint density at radius 2 is 1.33 bits per heavy atom. The summed E-state index contributed by atoms with van der Waals surface area (Å²) in [6, 6.07) is 0. The van der Waals surface area contributed by atoms with Gasteiger partial charge in [-0.3, -0.25) is 14.2 Å². The highest BCUT2D eigenvalue weighted by molar-refractivity contribution is 7.33. The molecule has 0 aromatic rings. The Kier molecular flexibility index (Phi) is 8.62. The first-order valence-electron chi connectivity index (χ1n) is 5.67. The van der Waals surface area contributed by atoms with Crippen molar-refractivity contribution in [2.24, 2.45) is 11.8 Å². The SMILES string of the molecule is CCC(CO[PH](=O)OCC(CC)C(=O)O)C(=O)O. The van der Waals surface area contributed by atoms with Crippen LogP contribution in [0.2, 0.25) is 0 Å². The lowest BCUT2D eigenvalue weighted by atomic mass is 10.1. The van der Waals surface area contributed by atoms with Gasteiger partial charge in [-0.05, 0) is 12.8 Å². The number of carbonyl (C=O) groups is 2. The maximum absolute atomic E-state index is 11.3. The average molecular weight is 282 g/mol. The zero-order chi connectivity index (χ0) is 14.1. The summed E-state index contributed by atoms with van der Waals surface area (Å²) in [5.41, 5.74) is 0. The Hall–Kier alpha value is -0.910. The average Bonchev–Trinajstić information content (AvgIpc) is 2.29. The fraction of sp³-hybridized carbons (Fsp3) is 0.800. The molecule has 7 nitrogen and oxygen atoms in total. The first kappa shape index (κ1) is 17.1. The molecule has 0 fully saturated rings. The molecule has 0 bridgehead atoms. The molecular weight excluding hydrogens is 263 g/mol. The summed E-state index contributed by atoms with van der Waals surface area (Å²) in [7, 11) is -2.84. The van der Waals surface area contributed by atoms with E-state index in [0.29, 0.717) is 12.8 Å². The third kappa shape index (κ3) is 6.74. The first-order valence-corrected chi connectivity index (χ1v) is 6.89. The van der Waals surface area contributed by atoms with Crippen molar-refractivity contribution in [1.29, 1.82) is 0 Å². The molecule has 0 heterocycles. The molecular formula is C10H19O7P. The molecule has 0 aromatic carbocycles. The summed E-state index contributed by atoms with van der Waals surface area (Å²) < 4.78 is 20.8. The van der Waals surface area contributed by atoms with Gasteiger partial charge in [0.25, 0.3) is 0 Å². The van der Waals surface area contributed by atoms with Gasteiger partial charge in [-0.1, -0.05) is 13.8 Å². The van der Waals surface area contributed by atoms with Crippen LogP contribution in [0.4, 0.5) is 0 Å². The topological polar surface area (TPSA) is 110 Å². The summed E-state index contributed by atoms with van der Waals surface area (Å²) in [5.74, 6) is -3.51. The van der Waals surface area contributed by atoms with Crippen molar-refractivity contribution in [3.8, 4) is 0 Å². The maximum Gasteiger partial charge on any atom is 0.319 e. The molecule has 0 spiro atoms. The molecule has 0 saturated carbocycles. The second-order valence-electron chi connectivity index (χ2n) is 3.76. The van der Waals surface area contributed by atoms with Crippen molar-refractivity contribution in [3.63, 3.8) is 0 Å². The molecule has 106 valence electrons. The highest BCUT2D eigenvalue weighted by Crippen LogP contribution is 2.26. The van der Waals surface area contributed by atoms with Crippen LogP contribution in [0.5, 0.6) is 0 Å². The molecule has 18 heavy (non-hydrogen) atoms. The summed E-state index contributed by atoms with van der Waals surface area (Å²) in [6.45, 7) is 2.95. The summed E-state index contributed by atoms with van der Waals surface area (Å²) in [4.78, 5) is 21.3. The second kappa shape index (κ2) is 9.08. The van der Waals surface area contributed by atoms with E-state index < -0.39 is 32.0 Å². The molecule has 2 atom stereocenters. The van der Waals surface area contributed by atoms with Gasteiger partial charge in [0.2, 0.25) is 0 Å². The lowest BCUT2D eigenvalue weighted by Gasteiger charge is -2.12.